The SMILES string of the molecule is CCc1c2nc(-c3cc(S(=O)(=O)N4CCN(CC)CC4)cnc3O[C@H](C)CC)[nH]c(=O)c2nn1CCOC. The number of ether oxygens (including phenoxy) is 2. The highest BCUT2D eigenvalue weighted by molar-refractivity contribution is 7.89. The molecule has 0 aromatic carbocycles. The Balaban J connectivity index is 1.83. The Bertz CT molecular complexity index is 1430. The molecular formula is C25H37N7O5S. The molecule has 38 heavy (non-hydrogen) atoms. The van der Waals surface area contributed by atoms with Crippen LogP contribution in [0.1, 0.15) is 39.8 Å². The lowest BCUT2D eigenvalue weighted by Gasteiger charge is -2.33. The summed E-state index contributed by atoms with van der Waals surface area (Å²) < 4.78 is 41.5. The van der Waals surface area contributed by atoms with E-state index in [9.17, 15) is 13.2 Å². The van der Waals surface area contributed by atoms with Crippen LogP contribution in [0.2, 0.25) is 0 Å². The zero-order valence-electron chi connectivity index (χ0n) is 22.7. The van der Waals surface area contributed by atoms with Crippen LogP contribution in [-0.2, 0) is 27.7 Å². The topological polar surface area (TPSA) is 136 Å². The number of methoxy groups -OCH3 is 1. The van der Waals surface area contributed by atoms with E-state index in [0.29, 0.717) is 56.8 Å². The van der Waals surface area contributed by atoms with Gasteiger partial charge >= 0.3 is 0 Å². The first-order chi connectivity index (χ1) is 18.2. The van der Waals surface area contributed by atoms with Gasteiger partial charge in [0.1, 0.15) is 16.2 Å². The molecule has 0 spiro atoms. The molecule has 0 saturated carbocycles. The third kappa shape index (κ3) is 5.60. The van der Waals surface area contributed by atoms with Crippen molar-refractivity contribution in [3.63, 3.8) is 0 Å². The number of nitrogens with one attached hydrogen (secondary N) is 1. The molecule has 1 N–H and O–H groups in total. The molecule has 1 fully saturated rings. The van der Waals surface area contributed by atoms with Crippen molar-refractivity contribution in [2.45, 2.75) is 58.1 Å². The minimum absolute atomic E-state index is 0.0307. The Hall–Kier alpha value is -2.87. The quantitative estimate of drug-likeness (QED) is 0.382. The second-order valence-electron chi connectivity index (χ2n) is 9.33. The average molecular weight is 548 g/mol. The van der Waals surface area contributed by atoms with E-state index in [4.69, 9.17) is 14.5 Å². The Morgan fingerprint density at radius 1 is 1.13 bits per heavy atom. The minimum Gasteiger partial charge on any atom is -0.474 e. The van der Waals surface area contributed by atoms with Gasteiger partial charge in [-0.2, -0.15) is 9.40 Å². The second-order valence-corrected chi connectivity index (χ2v) is 11.3. The second kappa shape index (κ2) is 11.9. The molecule has 1 aliphatic rings. The highest BCUT2D eigenvalue weighted by atomic mass is 32.2. The first-order valence-corrected chi connectivity index (χ1v) is 14.6. The third-order valence-electron chi connectivity index (χ3n) is 6.93. The molecule has 3 aromatic rings. The smallest absolute Gasteiger partial charge is 0.279 e. The first-order valence-electron chi connectivity index (χ1n) is 13.1. The van der Waals surface area contributed by atoms with Gasteiger partial charge in [-0.1, -0.05) is 20.8 Å². The van der Waals surface area contributed by atoms with Crippen LogP contribution in [0.25, 0.3) is 22.4 Å². The number of rotatable bonds is 11. The largest absolute Gasteiger partial charge is 0.474 e. The molecular weight excluding hydrogens is 510 g/mol. The van der Waals surface area contributed by atoms with Crippen molar-refractivity contribution in [3.8, 4) is 17.3 Å². The van der Waals surface area contributed by atoms with Gasteiger partial charge in [0.05, 0.1) is 36.7 Å². The van der Waals surface area contributed by atoms with E-state index in [1.807, 2.05) is 20.8 Å². The standard InChI is InChI=1S/C25H37N7O5S/c1-6-17(4)37-25-19(15-18(16-26-25)38(34,35)31-11-9-30(8-3)10-12-31)23-27-21-20(7-2)32(13-14-36-5)29-22(21)24(33)28-23/h15-17H,6-14H2,1-5H3,(H,27,28,33)/t17-/m1/s1. The molecule has 13 heteroatoms. The summed E-state index contributed by atoms with van der Waals surface area (Å²) >= 11 is 0. The van der Waals surface area contributed by atoms with Crippen LogP contribution in [0.3, 0.4) is 0 Å². The number of hydrogen-bond acceptors (Lipinski definition) is 9. The molecule has 0 radical (unpaired) electrons. The van der Waals surface area contributed by atoms with Gasteiger partial charge in [-0.3, -0.25) is 9.48 Å². The number of sulfonamides is 1. The van der Waals surface area contributed by atoms with Crippen molar-refractivity contribution in [2.75, 3.05) is 46.4 Å². The maximum Gasteiger partial charge on any atom is 0.279 e. The van der Waals surface area contributed by atoms with Crippen LogP contribution in [0.4, 0.5) is 0 Å². The highest BCUT2D eigenvalue weighted by Crippen LogP contribution is 2.31. The molecule has 3 aromatic heterocycles. The van der Waals surface area contributed by atoms with Crippen molar-refractivity contribution < 1.29 is 17.9 Å². The Kier molecular flexibility index (Phi) is 8.81. The zero-order chi connectivity index (χ0) is 27.4. The van der Waals surface area contributed by atoms with E-state index in [1.54, 1.807) is 11.8 Å². The summed E-state index contributed by atoms with van der Waals surface area (Å²) in [5.74, 6) is 0.392. The van der Waals surface area contributed by atoms with Gasteiger partial charge in [-0.15, -0.1) is 0 Å². The molecule has 1 atom stereocenters. The van der Waals surface area contributed by atoms with Crippen molar-refractivity contribution in [1.82, 2.24) is 33.9 Å². The van der Waals surface area contributed by atoms with Crippen LogP contribution in [-0.4, -0.2) is 94.9 Å². The molecule has 1 saturated heterocycles. The number of aromatic amines is 1. The predicted octanol–water partition coefficient (Wildman–Crippen LogP) is 1.89. The molecule has 0 amide bonds. The Morgan fingerprint density at radius 3 is 2.50 bits per heavy atom. The molecule has 1 aliphatic heterocycles. The van der Waals surface area contributed by atoms with Gasteiger partial charge in [-0.05, 0) is 32.4 Å². The van der Waals surface area contributed by atoms with Gasteiger partial charge in [0.2, 0.25) is 15.9 Å². The van der Waals surface area contributed by atoms with Crippen molar-refractivity contribution in [3.05, 3.63) is 28.3 Å². The number of likely N-dealkylation sites (N-methyl/N-ethyl adjacent to an activating group) is 1. The maximum absolute atomic E-state index is 13.5. The molecule has 12 nitrogen and oxygen atoms in total. The number of piperazine rings is 1. The molecule has 4 rings (SSSR count). The van der Waals surface area contributed by atoms with Crippen molar-refractivity contribution in [1.29, 1.82) is 0 Å². The van der Waals surface area contributed by atoms with Crippen LogP contribution >= 0.6 is 0 Å². The predicted molar refractivity (Wildman–Crippen MR) is 144 cm³/mol. The van der Waals surface area contributed by atoms with Crippen LogP contribution in [0.5, 0.6) is 5.88 Å². The lowest BCUT2D eigenvalue weighted by molar-refractivity contribution is 0.183. The van der Waals surface area contributed by atoms with Gasteiger partial charge < -0.3 is 19.4 Å². The fourth-order valence-corrected chi connectivity index (χ4v) is 5.85. The summed E-state index contributed by atoms with van der Waals surface area (Å²) in [6, 6.07) is 1.50. The van der Waals surface area contributed by atoms with E-state index in [0.717, 1.165) is 18.7 Å². The number of H-pyrrole nitrogens is 1. The summed E-state index contributed by atoms with van der Waals surface area (Å²) in [6.45, 7) is 11.8. The van der Waals surface area contributed by atoms with Crippen molar-refractivity contribution >= 4 is 21.1 Å². The highest BCUT2D eigenvalue weighted by Gasteiger charge is 2.30. The lowest BCUT2D eigenvalue weighted by atomic mass is 10.2. The summed E-state index contributed by atoms with van der Waals surface area (Å²) in [5.41, 5.74) is 1.36. The zero-order valence-corrected chi connectivity index (χ0v) is 23.5. The molecule has 208 valence electrons. The third-order valence-corrected chi connectivity index (χ3v) is 8.79. The monoisotopic (exact) mass is 547 g/mol. The molecule has 0 aliphatic carbocycles. The number of nitrogens with zero attached hydrogens (tertiary/aromatic N) is 6. The molecule has 0 unspecified atom stereocenters. The van der Waals surface area contributed by atoms with Crippen LogP contribution in [0.15, 0.2) is 22.0 Å². The number of aromatic nitrogens is 5. The summed E-state index contributed by atoms with van der Waals surface area (Å²) in [7, 11) is -2.20. The molecule has 4 heterocycles. The number of fused-ring (bicyclic) bond motifs is 1. The van der Waals surface area contributed by atoms with E-state index in [2.05, 4.69) is 26.9 Å². The van der Waals surface area contributed by atoms with Crippen LogP contribution in [0, 0.1) is 0 Å². The van der Waals surface area contributed by atoms with E-state index < -0.39 is 15.6 Å². The normalized spacial score (nSPS) is 16.2. The Labute approximate surface area is 223 Å². The first kappa shape index (κ1) is 28.1. The summed E-state index contributed by atoms with van der Waals surface area (Å²) in [6.07, 6.45) is 2.46. The van der Waals surface area contributed by atoms with E-state index >= 15 is 0 Å². The maximum atomic E-state index is 13.5. The average Bonchev–Trinajstić information content (AvgIpc) is 3.29. The van der Waals surface area contributed by atoms with E-state index in [-0.39, 0.29) is 28.2 Å². The van der Waals surface area contributed by atoms with Gasteiger partial charge in [0, 0.05) is 33.3 Å². The van der Waals surface area contributed by atoms with Gasteiger partial charge in [0.25, 0.3) is 5.56 Å². The summed E-state index contributed by atoms with van der Waals surface area (Å²) in [5, 5.41) is 4.45. The molecule has 0 bridgehead atoms. The minimum atomic E-state index is -3.81. The summed E-state index contributed by atoms with van der Waals surface area (Å²) in [4.78, 5) is 27.3. The van der Waals surface area contributed by atoms with Crippen molar-refractivity contribution in [2.24, 2.45) is 0 Å². The fraction of sp³-hybridized carbons (Fsp3) is 0.600. The number of pyridine rings is 1. The lowest BCUT2D eigenvalue weighted by Crippen LogP contribution is -2.48. The van der Waals surface area contributed by atoms with Gasteiger partial charge in [0.15, 0.2) is 5.52 Å². The fourth-order valence-electron chi connectivity index (χ4n) is 4.45. The van der Waals surface area contributed by atoms with E-state index in [1.165, 1.54) is 16.6 Å². The number of hydrogen-bond donors (Lipinski definition) is 1. The van der Waals surface area contributed by atoms with Crippen LogP contribution < -0.4 is 10.3 Å². The number of aryl methyl sites for hydroxylation is 1. The van der Waals surface area contributed by atoms with Gasteiger partial charge in [-0.25, -0.2) is 18.4 Å². The Morgan fingerprint density at radius 2 is 1.87 bits per heavy atom.